The minimum Gasteiger partial charge on any atom is -0.496 e. The van der Waals surface area contributed by atoms with Crippen LogP contribution >= 0.6 is 11.8 Å². The fraction of sp³-hybridized carbons (Fsp3) is 0.190. The van der Waals surface area contributed by atoms with Crippen molar-refractivity contribution in [3.63, 3.8) is 0 Å². The molecule has 0 unspecified atom stereocenters. The highest BCUT2D eigenvalue weighted by atomic mass is 32.2. The van der Waals surface area contributed by atoms with E-state index in [0.717, 1.165) is 23.4 Å². The van der Waals surface area contributed by atoms with Crippen LogP contribution in [0.3, 0.4) is 0 Å². The molecule has 1 aliphatic heterocycles. The molecule has 1 aromatic heterocycles. The molecule has 28 heavy (non-hydrogen) atoms. The fourth-order valence-corrected chi connectivity index (χ4v) is 3.78. The van der Waals surface area contributed by atoms with Gasteiger partial charge in [-0.3, -0.25) is 14.5 Å². The molecule has 1 aliphatic rings. The Kier molecular flexibility index (Phi) is 5.43. The molecule has 0 bridgehead atoms. The first-order chi connectivity index (χ1) is 13.7. The summed E-state index contributed by atoms with van der Waals surface area (Å²) in [5.74, 6) is 1.35. The van der Waals surface area contributed by atoms with Gasteiger partial charge in [-0.1, -0.05) is 54.2 Å². The van der Waals surface area contributed by atoms with Gasteiger partial charge >= 0.3 is 0 Å². The first kappa shape index (κ1) is 18.3. The van der Waals surface area contributed by atoms with Gasteiger partial charge in [0.2, 0.25) is 0 Å². The van der Waals surface area contributed by atoms with Crippen molar-refractivity contribution in [1.29, 1.82) is 0 Å². The lowest BCUT2D eigenvalue weighted by atomic mass is 10.1. The molecule has 4 rings (SSSR count). The molecular weight excluding hydrogens is 372 g/mol. The van der Waals surface area contributed by atoms with Crippen LogP contribution in [0, 0.1) is 0 Å². The fourth-order valence-electron chi connectivity index (χ4n) is 3.05. The number of methoxy groups -OCH3 is 1. The van der Waals surface area contributed by atoms with Gasteiger partial charge in [0.15, 0.2) is 5.17 Å². The molecule has 1 N–H and O–H groups in total. The normalized spacial score (nSPS) is 13.2. The summed E-state index contributed by atoms with van der Waals surface area (Å²) in [5.41, 5.74) is 2.98. The van der Waals surface area contributed by atoms with Crippen LogP contribution in [0.4, 0.5) is 0 Å². The summed E-state index contributed by atoms with van der Waals surface area (Å²) in [6.07, 6.45) is 1.78. The van der Waals surface area contributed by atoms with E-state index in [-0.39, 0.29) is 5.91 Å². The third kappa shape index (κ3) is 3.94. The highest BCUT2D eigenvalue weighted by Crippen LogP contribution is 2.31. The van der Waals surface area contributed by atoms with Gasteiger partial charge in [-0.25, -0.2) is 0 Å². The van der Waals surface area contributed by atoms with Crippen molar-refractivity contribution in [3.05, 3.63) is 71.9 Å². The zero-order chi connectivity index (χ0) is 19.3. The maximum absolute atomic E-state index is 13.0. The molecule has 0 fully saturated rings. The average Bonchev–Trinajstić information content (AvgIpc) is 3.38. The summed E-state index contributed by atoms with van der Waals surface area (Å²) in [6.45, 7) is 1.30. The minimum atomic E-state index is -0.214. The second-order valence-corrected chi connectivity index (χ2v) is 7.35. The SMILES string of the molecule is COc1ccccc1-c1nn(Cc2ccccc2)cc1C(=O)NC1=NCCS1. The maximum Gasteiger partial charge on any atom is 0.261 e. The third-order valence-corrected chi connectivity index (χ3v) is 5.25. The molecule has 0 spiro atoms. The van der Waals surface area contributed by atoms with E-state index < -0.39 is 0 Å². The molecule has 0 radical (unpaired) electrons. The van der Waals surface area contributed by atoms with Gasteiger partial charge in [0.25, 0.3) is 5.91 Å². The van der Waals surface area contributed by atoms with E-state index in [1.54, 1.807) is 29.8 Å². The van der Waals surface area contributed by atoms with Crippen molar-refractivity contribution in [2.75, 3.05) is 19.4 Å². The lowest BCUT2D eigenvalue weighted by Crippen LogP contribution is -2.27. The maximum atomic E-state index is 13.0. The molecule has 0 atom stereocenters. The first-order valence-electron chi connectivity index (χ1n) is 8.98. The Morgan fingerprint density at radius 2 is 1.96 bits per heavy atom. The zero-order valence-corrected chi connectivity index (χ0v) is 16.3. The summed E-state index contributed by atoms with van der Waals surface area (Å²) in [4.78, 5) is 17.3. The standard InChI is InChI=1S/C21H20N4O2S/c1-27-18-10-6-5-9-16(18)19-17(20(26)23-21-22-11-12-28-21)14-25(24-19)13-15-7-3-2-4-8-15/h2-10,14H,11-13H2,1H3,(H,22,23,26). The van der Waals surface area contributed by atoms with Crippen molar-refractivity contribution in [3.8, 4) is 17.0 Å². The van der Waals surface area contributed by atoms with Gasteiger partial charge in [0.05, 0.1) is 25.8 Å². The smallest absolute Gasteiger partial charge is 0.261 e. The van der Waals surface area contributed by atoms with Crippen molar-refractivity contribution in [2.45, 2.75) is 6.54 Å². The topological polar surface area (TPSA) is 68.5 Å². The molecular formula is C21H20N4O2S. The van der Waals surface area contributed by atoms with Crippen molar-refractivity contribution in [1.82, 2.24) is 15.1 Å². The molecule has 2 heterocycles. The van der Waals surface area contributed by atoms with Crippen LogP contribution in [0.25, 0.3) is 11.3 Å². The van der Waals surface area contributed by atoms with Crippen LogP contribution in [0.5, 0.6) is 5.75 Å². The minimum absolute atomic E-state index is 0.214. The third-order valence-electron chi connectivity index (χ3n) is 4.36. The number of amides is 1. The van der Waals surface area contributed by atoms with E-state index in [1.165, 1.54) is 0 Å². The van der Waals surface area contributed by atoms with Crippen LogP contribution in [0.15, 0.2) is 65.8 Å². The van der Waals surface area contributed by atoms with Gasteiger partial charge in [0.1, 0.15) is 11.4 Å². The number of amidine groups is 1. The van der Waals surface area contributed by atoms with Crippen LogP contribution < -0.4 is 10.1 Å². The number of carbonyl (C=O) groups is 1. The largest absolute Gasteiger partial charge is 0.496 e. The molecule has 7 heteroatoms. The molecule has 1 amide bonds. The molecule has 0 saturated carbocycles. The number of hydrogen-bond acceptors (Lipinski definition) is 5. The number of aromatic nitrogens is 2. The number of hydrogen-bond donors (Lipinski definition) is 1. The van der Waals surface area contributed by atoms with Crippen molar-refractivity contribution >= 4 is 22.8 Å². The Bertz CT molecular complexity index is 1010. The van der Waals surface area contributed by atoms with Gasteiger partial charge in [-0.2, -0.15) is 5.10 Å². The summed E-state index contributed by atoms with van der Waals surface area (Å²) in [7, 11) is 1.61. The van der Waals surface area contributed by atoms with E-state index in [1.807, 2.05) is 54.6 Å². The summed E-state index contributed by atoms with van der Waals surface area (Å²) >= 11 is 1.55. The monoisotopic (exact) mass is 392 g/mol. The number of ether oxygens (including phenoxy) is 1. The number of rotatable bonds is 5. The Morgan fingerprint density at radius 3 is 2.71 bits per heavy atom. The second kappa shape index (κ2) is 8.31. The zero-order valence-electron chi connectivity index (χ0n) is 15.5. The van der Waals surface area contributed by atoms with Gasteiger partial charge in [0, 0.05) is 17.5 Å². The van der Waals surface area contributed by atoms with Gasteiger partial charge in [-0.05, 0) is 17.7 Å². The van der Waals surface area contributed by atoms with Crippen LogP contribution in [-0.4, -0.2) is 40.3 Å². The Hall–Kier alpha value is -3.06. The van der Waals surface area contributed by atoms with E-state index in [4.69, 9.17) is 9.84 Å². The first-order valence-corrected chi connectivity index (χ1v) is 9.96. The number of nitrogens with zero attached hydrogens (tertiary/aromatic N) is 3. The predicted octanol–water partition coefficient (Wildman–Crippen LogP) is 3.44. The van der Waals surface area contributed by atoms with Crippen molar-refractivity contribution in [2.24, 2.45) is 4.99 Å². The molecule has 6 nitrogen and oxygen atoms in total. The summed E-state index contributed by atoms with van der Waals surface area (Å²) in [5, 5.41) is 8.27. The Labute approximate surface area is 167 Å². The summed E-state index contributed by atoms with van der Waals surface area (Å²) in [6, 6.07) is 17.6. The number of para-hydroxylation sites is 1. The molecule has 142 valence electrons. The van der Waals surface area contributed by atoms with Crippen molar-refractivity contribution < 1.29 is 9.53 Å². The molecule has 3 aromatic rings. The number of carbonyl (C=O) groups excluding carboxylic acids is 1. The van der Waals surface area contributed by atoms with Crippen LogP contribution in [-0.2, 0) is 6.54 Å². The Morgan fingerprint density at radius 1 is 1.18 bits per heavy atom. The van der Waals surface area contributed by atoms with Crippen LogP contribution in [0.2, 0.25) is 0 Å². The number of thioether (sulfide) groups is 1. The van der Waals surface area contributed by atoms with Crippen LogP contribution in [0.1, 0.15) is 15.9 Å². The van der Waals surface area contributed by atoms with E-state index in [0.29, 0.717) is 28.7 Å². The number of aliphatic imine (C=N–C) groups is 1. The summed E-state index contributed by atoms with van der Waals surface area (Å²) < 4.78 is 7.27. The van der Waals surface area contributed by atoms with Gasteiger partial charge in [-0.15, -0.1) is 0 Å². The predicted molar refractivity (Wildman–Crippen MR) is 112 cm³/mol. The van der Waals surface area contributed by atoms with Gasteiger partial charge < -0.3 is 10.1 Å². The van der Waals surface area contributed by atoms with E-state index in [9.17, 15) is 4.79 Å². The molecule has 2 aromatic carbocycles. The Balaban J connectivity index is 1.72. The lowest BCUT2D eigenvalue weighted by molar-refractivity contribution is 0.0978. The molecule has 0 saturated heterocycles. The average molecular weight is 392 g/mol. The van der Waals surface area contributed by atoms with E-state index in [2.05, 4.69) is 10.3 Å². The second-order valence-electron chi connectivity index (χ2n) is 6.26. The number of benzene rings is 2. The quantitative estimate of drug-likeness (QED) is 0.722. The highest BCUT2D eigenvalue weighted by molar-refractivity contribution is 8.14. The lowest BCUT2D eigenvalue weighted by Gasteiger charge is -2.08. The molecule has 0 aliphatic carbocycles. The highest BCUT2D eigenvalue weighted by Gasteiger charge is 2.22. The number of nitrogens with one attached hydrogen (secondary N) is 1. The van der Waals surface area contributed by atoms with E-state index >= 15 is 0 Å².